The van der Waals surface area contributed by atoms with Crippen molar-refractivity contribution in [2.75, 3.05) is 12.3 Å². The van der Waals surface area contributed by atoms with Gasteiger partial charge in [0, 0.05) is 17.6 Å². The molecule has 0 radical (unpaired) electrons. The second kappa shape index (κ2) is 11.6. The molecule has 0 bridgehead atoms. The molecular formula is C22H23BrN4O2S. The van der Waals surface area contributed by atoms with Crippen LogP contribution in [0.2, 0.25) is 0 Å². The normalized spacial score (nSPS) is 10.6. The highest BCUT2D eigenvalue weighted by Gasteiger charge is 2.14. The van der Waals surface area contributed by atoms with Gasteiger partial charge in [0.2, 0.25) is 5.91 Å². The molecule has 1 aromatic heterocycles. The van der Waals surface area contributed by atoms with Crippen LogP contribution in [0.5, 0.6) is 5.75 Å². The zero-order chi connectivity index (χ0) is 21.2. The van der Waals surface area contributed by atoms with Gasteiger partial charge in [-0.15, -0.1) is 16.8 Å². The lowest BCUT2D eigenvalue weighted by atomic mass is 10.1. The number of rotatable bonds is 11. The predicted octanol–water partition coefficient (Wildman–Crippen LogP) is 4.26. The van der Waals surface area contributed by atoms with Crippen LogP contribution in [0.4, 0.5) is 0 Å². The van der Waals surface area contributed by atoms with E-state index in [0.29, 0.717) is 24.1 Å². The molecular weight excluding hydrogens is 464 g/mol. The van der Waals surface area contributed by atoms with Crippen molar-refractivity contribution in [1.29, 1.82) is 0 Å². The minimum absolute atomic E-state index is 0.0308. The monoisotopic (exact) mass is 486 g/mol. The van der Waals surface area contributed by atoms with E-state index in [0.717, 1.165) is 16.6 Å². The first-order valence-corrected chi connectivity index (χ1v) is 11.3. The molecule has 0 unspecified atom stereocenters. The number of hydrogen-bond acceptors (Lipinski definition) is 5. The van der Waals surface area contributed by atoms with Crippen LogP contribution < -0.4 is 10.1 Å². The molecule has 2 aromatic carbocycles. The van der Waals surface area contributed by atoms with Crippen molar-refractivity contribution in [3.8, 4) is 5.75 Å². The van der Waals surface area contributed by atoms with Crippen molar-refractivity contribution in [3.05, 3.63) is 83.1 Å². The number of nitrogens with zero attached hydrogens (tertiary/aromatic N) is 3. The van der Waals surface area contributed by atoms with Gasteiger partial charge < -0.3 is 10.1 Å². The first-order chi connectivity index (χ1) is 14.7. The molecule has 1 amide bonds. The summed E-state index contributed by atoms with van der Waals surface area (Å²) in [6.45, 7) is 5.24. The summed E-state index contributed by atoms with van der Waals surface area (Å²) >= 11 is 4.76. The number of carbonyl (C=O) groups excluding carboxylic acids is 1. The second-order valence-electron chi connectivity index (χ2n) is 6.41. The maximum absolute atomic E-state index is 12.2. The maximum Gasteiger partial charge on any atom is 0.230 e. The predicted molar refractivity (Wildman–Crippen MR) is 123 cm³/mol. The average molecular weight is 487 g/mol. The van der Waals surface area contributed by atoms with Crippen molar-refractivity contribution >= 4 is 33.6 Å². The molecule has 3 aromatic rings. The summed E-state index contributed by atoms with van der Waals surface area (Å²) in [5.74, 6) is 1.68. The Bertz CT molecular complexity index is 961. The number of benzene rings is 2. The molecule has 0 fully saturated rings. The minimum atomic E-state index is -0.0308. The van der Waals surface area contributed by atoms with Crippen molar-refractivity contribution < 1.29 is 9.53 Å². The second-order valence-corrected chi connectivity index (χ2v) is 8.27. The highest BCUT2D eigenvalue weighted by Crippen LogP contribution is 2.20. The Morgan fingerprint density at radius 1 is 1.17 bits per heavy atom. The Morgan fingerprint density at radius 3 is 2.67 bits per heavy atom. The van der Waals surface area contributed by atoms with Crippen molar-refractivity contribution in [1.82, 2.24) is 20.1 Å². The molecule has 0 aliphatic rings. The Balaban J connectivity index is 1.50. The van der Waals surface area contributed by atoms with Crippen LogP contribution in [0.15, 0.2) is 76.9 Å². The molecule has 0 saturated carbocycles. The summed E-state index contributed by atoms with van der Waals surface area (Å²) in [5.41, 5.74) is 1.20. The Labute approximate surface area is 188 Å². The van der Waals surface area contributed by atoms with Crippen LogP contribution >= 0.6 is 27.7 Å². The van der Waals surface area contributed by atoms with Gasteiger partial charge in [-0.05, 0) is 36.2 Å². The van der Waals surface area contributed by atoms with Gasteiger partial charge >= 0.3 is 0 Å². The molecule has 30 heavy (non-hydrogen) atoms. The van der Waals surface area contributed by atoms with Crippen LogP contribution in [0.3, 0.4) is 0 Å². The number of thioether (sulfide) groups is 1. The molecule has 0 spiro atoms. The van der Waals surface area contributed by atoms with Gasteiger partial charge in [-0.2, -0.15) is 0 Å². The van der Waals surface area contributed by atoms with E-state index in [1.807, 2.05) is 47.0 Å². The Hall–Kier alpha value is -2.58. The largest absolute Gasteiger partial charge is 0.486 e. The molecule has 1 N–H and O–H groups in total. The number of halogens is 1. The highest BCUT2D eigenvalue weighted by atomic mass is 79.9. The molecule has 0 aliphatic carbocycles. The summed E-state index contributed by atoms with van der Waals surface area (Å²) in [5, 5.41) is 12.1. The quantitative estimate of drug-likeness (QED) is 0.324. The van der Waals surface area contributed by atoms with Crippen LogP contribution in [0, 0.1) is 0 Å². The van der Waals surface area contributed by atoms with Gasteiger partial charge in [-0.3, -0.25) is 9.36 Å². The fourth-order valence-corrected chi connectivity index (χ4v) is 3.76. The van der Waals surface area contributed by atoms with E-state index in [-0.39, 0.29) is 18.3 Å². The van der Waals surface area contributed by atoms with Crippen LogP contribution in [0.25, 0.3) is 0 Å². The molecule has 6 nitrogen and oxygen atoms in total. The SMILES string of the molecule is C=CCn1c(COc2ccc(Br)cc2)nnc1SCC(=O)NCCc1ccccc1. The highest BCUT2D eigenvalue weighted by molar-refractivity contribution is 9.10. The van der Waals surface area contributed by atoms with Gasteiger partial charge in [0.15, 0.2) is 11.0 Å². The van der Waals surface area contributed by atoms with Gasteiger partial charge in [-0.25, -0.2) is 0 Å². The summed E-state index contributed by atoms with van der Waals surface area (Å²) in [6.07, 6.45) is 2.58. The zero-order valence-corrected chi connectivity index (χ0v) is 18.9. The number of allylic oxidation sites excluding steroid dienone is 1. The van der Waals surface area contributed by atoms with E-state index in [4.69, 9.17) is 4.74 Å². The lowest BCUT2D eigenvalue weighted by molar-refractivity contribution is -0.118. The maximum atomic E-state index is 12.2. The number of ether oxygens (including phenoxy) is 1. The van der Waals surface area contributed by atoms with E-state index in [1.54, 1.807) is 6.08 Å². The van der Waals surface area contributed by atoms with Crippen LogP contribution in [-0.2, 0) is 24.4 Å². The van der Waals surface area contributed by atoms with Crippen molar-refractivity contribution in [3.63, 3.8) is 0 Å². The number of carbonyl (C=O) groups is 1. The standard InChI is InChI=1S/C22H23BrN4O2S/c1-2-14-27-20(15-29-19-10-8-18(23)9-11-19)25-26-22(27)30-16-21(28)24-13-12-17-6-4-3-5-7-17/h2-11H,1,12-16H2,(H,24,28). The fourth-order valence-electron chi connectivity index (χ4n) is 2.70. The van der Waals surface area contributed by atoms with E-state index in [9.17, 15) is 4.79 Å². The lowest BCUT2D eigenvalue weighted by Crippen LogP contribution is -2.27. The zero-order valence-electron chi connectivity index (χ0n) is 16.5. The third-order valence-corrected chi connectivity index (χ3v) is 5.69. The Morgan fingerprint density at radius 2 is 1.93 bits per heavy atom. The molecule has 1 heterocycles. The number of nitrogens with one attached hydrogen (secondary N) is 1. The van der Waals surface area contributed by atoms with Crippen molar-refractivity contribution in [2.45, 2.75) is 24.7 Å². The van der Waals surface area contributed by atoms with Gasteiger partial charge in [0.1, 0.15) is 12.4 Å². The van der Waals surface area contributed by atoms with Gasteiger partial charge in [-0.1, -0.05) is 64.1 Å². The van der Waals surface area contributed by atoms with Crippen molar-refractivity contribution in [2.24, 2.45) is 0 Å². The molecule has 0 aliphatic heterocycles. The smallest absolute Gasteiger partial charge is 0.230 e. The Kier molecular flexibility index (Phi) is 8.53. The average Bonchev–Trinajstić information content (AvgIpc) is 3.14. The number of amides is 1. The summed E-state index contributed by atoms with van der Waals surface area (Å²) < 4.78 is 8.70. The summed E-state index contributed by atoms with van der Waals surface area (Å²) in [7, 11) is 0. The third kappa shape index (κ3) is 6.74. The molecule has 0 atom stereocenters. The summed E-state index contributed by atoms with van der Waals surface area (Å²) in [6, 6.07) is 17.7. The lowest BCUT2D eigenvalue weighted by Gasteiger charge is -2.09. The molecule has 8 heteroatoms. The molecule has 156 valence electrons. The topological polar surface area (TPSA) is 69.0 Å². The third-order valence-electron chi connectivity index (χ3n) is 4.20. The van der Waals surface area contributed by atoms with Crippen LogP contribution in [0.1, 0.15) is 11.4 Å². The van der Waals surface area contributed by atoms with Crippen LogP contribution in [-0.4, -0.2) is 33.0 Å². The first-order valence-electron chi connectivity index (χ1n) is 9.50. The molecule has 3 rings (SSSR count). The van der Waals surface area contributed by atoms with E-state index < -0.39 is 0 Å². The molecule has 0 saturated heterocycles. The van der Waals surface area contributed by atoms with E-state index >= 15 is 0 Å². The fraction of sp³-hybridized carbons (Fsp3) is 0.227. The minimum Gasteiger partial charge on any atom is -0.486 e. The summed E-state index contributed by atoms with van der Waals surface area (Å²) in [4.78, 5) is 12.2. The number of aromatic nitrogens is 3. The van der Waals surface area contributed by atoms with E-state index in [2.05, 4.69) is 50.2 Å². The first kappa shape index (κ1) is 22.1. The van der Waals surface area contributed by atoms with E-state index in [1.165, 1.54) is 17.3 Å². The number of hydrogen-bond donors (Lipinski definition) is 1. The van der Waals surface area contributed by atoms with Gasteiger partial charge in [0.25, 0.3) is 0 Å². The van der Waals surface area contributed by atoms with Gasteiger partial charge in [0.05, 0.1) is 5.75 Å².